The summed E-state index contributed by atoms with van der Waals surface area (Å²) < 4.78 is 2.63. The zero-order valence-corrected chi connectivity index (χ0v) is 55.3. The van der Waals surface area contributed by atoms with Crippen molar-refractivity contribution in [1.82, 2.24) is 0 Å². The Labute approximate surface area is 576 Å². The van der Waals surface area contributed by atoms with E-state index in [0.29, 0.717) is 0 Å². The summed E-state index contributed by atoms with van der Waals surface area (Å²) in [5.74, 6) is 0. The van der Waals surface area contributed by atoms with Crippen LogP contribution in [0.15, 0.2) is 352 Å². The highest BCUT2D eigenvalue weighted by molar-refractivity contribution is 7.34. The highest BCUT2D eigenvalue weighted by atomic mass is 32.1. The molecule has 0 bridgehead atoms. The molecule has 0 unspecified atom stereocenters. The Morgan fingerprint density at radius 1 is 0.144 bits per heavy atom. The summed E-state index contributed by atoms with van der Waals surface area (Å²) in [6.07, 6.45) is 0. The second-order valence-electron chi connectivity index (χ2n) is 25.5. The largest absolute Gasteiger partial charge is 0.255 e. The number of fused-ring (bicyclic) bond motifs is 8. The average Bonchev–Trinajstić information content (AvgIpc) is 1.54. The Bertz CT molecular complexity index is 5600. The third-order valence-corrected chi connectivity index (χ3v) is 24.1. The van der Waals surface area contributed by atoms with Crippen LogP contribution in [0.3, 0.4) is 0 Å². The summed E-state index contributed by atoms with van der Waals surface area (Å²) in [6.45, 7) is -0.135. The smallest absolute Gasteiger partial charge is 0.148 e. The summed E-state index contributed by atoms with van der Waals surface area (Å²) in [5, 5.41) is 20.1. The Hall–Kier alpha value is -11.2. The first-order valence-electron chi connectivity index (χ1n) is 33.4. The topological polar surface area (TPSA) is 0 Å². The molecule has 97 heavy (non-hydrogen) atoms. The van der Waals surface area contributed by atoms with Gasteiger partial charge in [0.1, 0.15) is 0 Å². The standard InChI is InChI=1S/C92H58B2S3/c1-5-29-63-59(21-1)25-17-41-67(63)75-45-49-83(79-37-13-9-33-71(75)79)93(84-50-46-76(72-34-10-14-38-80(72)84)68-42-18-26-60-22-2-6-30-64(60)68)91-57-55-89(96-91)87-53-54-88(95-87)90-56-58-92(97-90)94(85-51-47-77(73-35-11-15-39-81(73)85)69-43-19-27-61-23-3-7-31-65(61)69)86-52-48-78(74-36-12-16-40-82(74)86)70-44-20-28-62-24-4-8-32-66(62)70/h1-58H. The highest BCUT2D eigenvalue weighted by Gasteiger charge is 2.32. The van der Waals surface area contributed by atoms with E-state index in [9.17, 15) is 0 Å². The highest BCUT2D eigenvalue weighted by Crippen LogP contribution is 2.42. The molecule has 0 amide bonds. The minimum absolute atomic E-state index is 0.0673. The van der Waals surface area contributed by atoms with Crippen molar-refractivity contribution in [3.8, 4) is 64.0 Å². The third-order valence-electron chi connectivity index (χ3n) is 20.3. The van der Waals surface area contributed by atoms with E-state index in [2.05, 4.69) is 352 Å². The van der Waals surface area contributed by atoms with Crippen LogP contribution in [-0.4, -0.2) is 13.4 Å². The van der Waals surface area contributed by atoms with E-state index in [1.54, 1.807) is 0 Å². The SMILES string of the molecule is c1ccc2c(-c3ccc(B(c4ccc(-c5ccc(-c6ccc(B(c7ccc(-c8cccc9ccccc89)c8ccccc78)c7ccc(-c8cccc9ccccc89)c8ccccc78)s6)s5)s4)c4ccc(-c5cccc6ccccc56)c5ccccc45)c4ccccc34)cccc2c1. The summed E-state index contributed by atoms with van der Waals surface area (Å²) in [5.41, 5.74) is 15.2. The lowest BCUT2D eigenvalue weighted by Crippen LogP contribution is -2.51. The summed E-state index contributed by atoms with van der Waals surface area (Å²) in [7, 11) is 0. The number of benzene rings is 16. The Balaban J connectivity index is 0.744. The minimum Gasteiger partial charge on any atom is -0.148 e. The van der Waals surface area contributed by atoms with E-state index < -0.39 is 0 Å². The Morgan fingerprint density at radius 2 is 0.351 bits per heavy atom. The molecule has 0 atom stereocenters. The van der Waals surface area contributed by atoms with Crippen molar-refractivity contribution in [1.29, 1.82) is 0 Å². The van der Waals surface area contributed by atoms with Gasteiger partial charge in [-0.1, -0.05) is 349 Å². The molecular weight excluding hydrogens is 1220 g/mol. The Kier molecular flexibility index (Phi) is 14.1. The van der Waals surface area contributed by atoms with Gasteiger partial charge in [0.05, 0.1) is 0 Å². The van der Waals surface area contributed by atoms with Gasteiger partial charge < -0.3 is 0 Å². The molecule has 0 radical (unpaired) electrons. The van der Waals surface area contributed by atoms with Gasteiger partial charge in [0.2, 0.25) is 0 Å². The fraction of sp³-hybridized carbons (Fsp3) is 0. The molecule has 3 heterocycles. The minimum atomic E-state index is -0.0673. The van der Waals surface area contributed by atoms with Crippen molar-refractivity contribution < 1.29 is 0 Å². The second kappa shape index (κ2) is 23.9. The first-order chi connectivity index (χ1) is 48.1. The predicted octanol–water partition coefficient (Wildman–Crippen LogP) is 22.1. The fourth-order valence-electron chi connectivity index (χ4n) is 15.9. The maximum atomic E-state index is 2.44. The van der Waals surface area contributed by atoms with Crippen LogP contribution in [0.25, 0.3) is 150 Å². The summed E-state index contributed by atoms with van der Waals surface area (Å²) in [4.78, 5) is 5.09. The molecule has 0 saturated carbocycles. The molecule has 0 saturated heterocycles. The average molecular weight is 1280 g/mol. The number of hydrogen-bond acceptors (Lipinski definition) is 3. The molecule has 16 aromatic carbocycles. The van der Waals surface area contributed by atoms with Crippen molar-refractivity contribution in [2.75, 3.05) is 0 Å². The van der Waals surface area contributed by atoms with Gasteiger partial charge in [0, 0.05) is 19.5 Å². The maximum absolute atomic E-state index is 2.44. The molecule has 0 N–H and O–H groups in total. The van der Waals surface area contributed by atoms with E-state index in [-0.39, 0.29) is 13.4 Å². The summed E-state index contributed by atoms with van der Waals surface area (Å²) >= 11 is 5.77. The van der Waals surface area contributed by atoms with Gasteiger partial charge in [0.25, 0.3) is 13.4 Å². The van der Waals surface area contributed by atoms with Gasteiger partial charge in [-0.3, -0.25) is 0 Å². The quantitative estimate of drug-likeness (QED) is 0.107. The normalized spacial score (nSPS) is 11.7. The maximum Gasteiger partial charge on any atom is 0.255 e. The van der Waals surface area contributed by atoms with Crippen LogP contribution in [0.2, 0.25) is 0 Å². The monoisotopic (exact) mass is 1280 g/mol. The molecule has 0 fully saturated rings. The number of hydrogen-bond donors (Lipinski definition) is 0. The van der Waals surface area contributed by atoms with Crippen molar-refractivity contribution in [2.45, 2.75) is 0 Å². The molecule has 0 nitrogen and oxygen atoms in total. The molecule has 0 aliphatic rings. The van der Waals surface area contributed by atoms with E-state index in [1.807, 2.05) is 34.0 Å². The molecule has 19 rings (SSSR count). The van der Waals surface area contributed by atoms with Gasteiger partial charge in [-0.15, -0.1) is 34.0 Å². The zero-order valence-electron chi connectivity index (χ0n) is 52.9. The number of thiophene rings is 3. The molecule has 19 aromatic rings. The van der Waals surface area contributed by atoms with Gasteiger partial charge in [-0.05, 0) is 165 Å². The van der Waals surface area contributed by atoms with E-state index in [1.165, 1.54) is 182 Å². The van der Waals surface area contributed by atoms with Crippen molar-refractivity contribution >= 4 is 165 Å². The lowest BCUT2D eigenvalue weighted by molar-refractivity contribution is 1.69. The summed E-state index contributed by atoms with van der Waals surface area (Å²) in [6, 6.07) is 132. The van der Waals surface area contributed by atoms with Gasteiger partial charge in [-0.25, -0.2) is 0 Å². The first-order valence-corrected chi connectivity index (χ1v) is 35.9. The zero-order chi connectivity index (χ0) is 63.9. The van der Waals surface area contributed by atoms with Crippen LogP contribution in [0.5, 0.6) is 0 Å². The van der Waals surface area contributed by atoms with E-state index >= 15 is 0 Å². The fourth-order valence-corrected chi connectivity index (χ4v) is 19.4. The van der Waals surface area contributed by atoms with E-state index in [0.717, 1.165) is 0 Å². The van der Waals surface area contributed by atoms with Crippen LogP contribution < -0.4 is 31.4 Å². The van der Waals surface area contributed by atoms with Crippen molar-refractivity contribution in [3.63, 3.8) is 0 Å². The van der Waals surface area contributed by atoms with Gasteiger partial charge in [-0.2, -0.15) is 0 Å². The van der Waals surface area contributed by atoms with Crippen LogP contribution in [0, 0.1) is 0 Å². The predicted molar refractivity (Wildman–Crippen MR) is 428 cm³/mol. The number of rotatable bonds is 12. The third kappa shape index (κ3) is 9.79. The molecule has 0 aliphatic heterocycles. The molecule has 450 valence electrons. The van der Waals surface area contributed by atoms with Crippen LogP contribution >= 0.6 is 34.0 Å². The molecule has 0 spiro atoms. The van der Waals surface area contributed by atoms with Crippen LogP contribution in [0.1, 0.15) is 0 Å². The molecule has 5 heteroatoms. The van der Waals surface area contributed by atoms with E-state index in [4.69, 9.17) is 0 Å². The van der Waals surface area contributed by atoms with Crippen LogP contribution in [0.4, 0.5) is 0 Å². The van der Waals surface area contributed by atoms with Gasteiger partial charge >= 0.3 is 0 Å². The Morgan fingerprint density at radius 3 is 0.629 bits per heavy atom. The van der Waals surface area contributed by atoms with Crippen molar-refractivity contribution in [3.05, 3.63) is 352 Å². The van der Waals surface area contributed by atoms with Crippen molar-refractivity contribution in [2.24, 2.45) is 0 Å². The lowest BCUT2D eigenvalue weighted by Gasteiger charge is -2.21. The van der Waals surface area contributed by atoms with Crippen LogP contribution in [-0.2, 0) is 0 Å². The second-order valence-corrected chi connectivity index (χ2v) is 28.8. The molecule has 0 aliphatic carbocycles. The molecular formula is C92H58B2S3. The first kappa shape index (κ1) is 57.3. The molecule has 3 aromatic heterocycles. The lowest BCUT2D eigenvalue weighted by atomic mass is 9.38. The van der Waals surface area contributed by atoms with Gasteiger partial charge in [0.15, 0.2) is 0 Å².